The molecule has 0 unspecified atom stereocenters. The molecular formula is C26H32N4O4S. The zero-order valence-electron chi connectivity index (χ0n) is 20.6. The molecule has 1 aromatic heterocycles. The summed E-state index contributed by atoms with van der Waals surface area (Å²) in [5.41, 5.74) is 3.12. The third-order valence-corrected chi connectivity index (χ3v) is 6.30. The van der Waals surface area contributed by atoms with Gasteiger partial charge in [0.2, 0.25) is 11.8 Å². The first kappa shape index (κ1) is 26.4. The summed E-state index contributed by atoms with van der Waals surface area (Å²) in [7, 11) is 0. The van der Waals surface area contributed by atoms with Crippen LogP contribution in [-0.2, 0) is 20.9 Å². The lowest BCUT2D eigenvalue weighted by molar-refractivity contribution is -0.122. The Bertz CT molecular complexity index is 1240. The highest BCUT2D eigenvalue weighted by Gasteiger charge is 2.14. The number of aromatic nitrogens is 2. The molecule has 186 valence electrons. The van der Waals surface area contributed by atoms with Crippen molar-refractivity contribution in [3.63, 3.8) is 0 Å². The average molecular weight is 497 g/mol. The minimum absolute atomic E-state index is 0.0317. The van der Waals surface area contributed by atoms with Crippen molar-refractivity contribution in [3.05, 3.63) is 63.9 Å². The van der Waals surface area contributed by atoms with Gasteiger partial charge in [-0.25, -0.2) is 4.98 Å². The highest BCUT2D eigenvalue weighted by Crippen LogP contribution is 2.20. The second-order valence-electron chi connectivity index (χ2n) is 8.52. The van der Waals surface area contributed by atoms with Gasteiger partial charge in [-0.1, -0.05) is 42.1 Å². The molecule has 0 fully saturated rings. The fourth-order valence-corrected chi connectivity index (χ4v) is 4.41. The molecule has 0 bridgehead atoms. The van der Waals surface area contributed by atoms with Crippen LogP contribution in [0.15, 0.2) is 52.4 Å². The minimum atomic E-state index is -0.316. The number of anilines is 1. The number of ether oxygens (including phenoxy) is 1. The molecule has 0 aliphatic rings. The lowest BCUT2D eigenvalue weighted by Gasteiger charge is -2.14. The summed E-state index contributed by atoms with van der Waals surface area (Å²) in [6.07, 6.45) is 0.766. The molecule has 3 aromatic rings. The van der Waals surface area contributed by atoms with Gasteiger partial charge in [-0.05, 0) is 57.4 Å². The molecule has 8 nitrogen and oxygen atoms in total. The zero-order valence-corrected chi connectivity index (χ0v) is 21.4. The molecule has 0 saturated heterocycles. The standard InChI is InChI=1S/C26H32N4O4S/c1-17(2)34-14-8-13-30-25(33)20-11-5-6-12-21(20)28-26(30)35-16-23(32)27-15-22(31)29-24-18(3)9-7-10-19(24)4/h5-7,9-12,17H,8,13-16H2,1-4H3,(H,27,32)(H,29,31). The summed E-state index contributed by atoms with van der Waals surface area (Å²) in [6, 6.07) is 12.9. The van der Waals surface area contributed by atoms with Gasteiger partial charge in [0.15, 0.2) is 5.16 Å². The van der Waals surface area contributed by atoms with Gasteiger partial charge in [0.25, 0.3) is 5.56 Å². The summed E-state index contributed by atoms with van der Waals surface area (Å²) >= 11 is 1.18. The summed E-state index contributed by atoms with van der Waals surface area (Å²) in [5, 5.41) is 6.49. The molecule has 0 radical (unpaired) electrons. The second kappa shape index (κ2) is 12.5. The Morgan fingerprint density at radius 1 is 1.06 bits per heavy atom. The van der Waals surface area contributed by atoms with E-state index in [2.05, 4.69) is 15.6 Å². The summed E-state index contributed by atoms with van der Waals surface area (Å²) in [6.45, 7) is 8.59. The van der Waals surface area contributed by atoms with E-state index < -0.39 is 0 Å². The smallest absolute Gasteiger partial charge is 0.262 e. The van der Waals surface area contributed by atoms with Gasteiger partial charge in [0.1, 0.15) is 0 Å². The Hall–Kier alpha value is -3.17. The number of thioether (sulfide) groups is 1. The van der Waals surface area contributed by atoms with E-state index in [1.807, 2.05) is 52.0 Å². The van der Waals surface area contributed by atoms with Gasteiger partial charge < -0.3 is 15.4 Å². The number of nitrogens with zero attached hydrogens (tertiary/aromatic N) is 2. The van der Waals surface area contributed by atoms with Crippen LogP contribution in [0, 0.1) is 13.8 Å². The first-order valence-corrected chi connectivity index (χ1v) is 12.6. The van der Waals surface area contributed by atoms with E-state index in [1.165, 1.54) is 11.8 Å². The van der Waals surface area contributed by atoms with Gasteiger partial charge in [-0.2, -0.15) is 0 Å². The number of aryl methyl sites for hydroxylation is 2. The predicted molar refractivity (Wildman–Crippen MR) is 140 cm³/mol. The quantitative estimate of drug-likeness (QED) is 0.239. The van der Waals surface area contributed by atoms with Crippen LogP contribution in [0.2, 0.25) is 0 Å². The van der Waals surface area contributed by atoms with Crippen molar-refractivity contribution in [1.82, 2.24) is 14.9 Å². The predicted octanol–water partition coefficient (Wildman–Crippen LogP) is 3.68. The SMILES string of the molecule is Cc1cccc(C)c1NC(=O)CNC(=O)CSc1nc2ccccc2c(=O)n1CCCOC(C)C. The number of hydrogen-bond donors (Lipinski definition) is 2. The molecular weight excluding hydrogens is 464 g/mol. The molecule has 1 heterocycles. The lowest BCUT2D eigenvalue weighted by atomic mass is 10.1. The van der Waals surface area contributed by atoms with Gasteiger partial charge in [0, 0.05) is 18.8 Å². The molecule has 35 heavy (non-hydrogen) atoms. The van der Waals surface area contributed by atoms with Gasteiger partial charge in [-0.15, -0.1) is 0 Å². The lowest BCUT2D eigenvalue weighted by Crippen LogP contribution is -2.34. The molecule has 2 amide bonds. The van der Waals surface area contributed by atoms with Crippen molar-refractivity contribution in [3.8, 4) is 0 Å². The summed E-state index contributed by atoms with van der Waals surface area (Å²) in [5.74, 6) is -0.584. The Balaban J connectivity index is 1.62. The molecule has 0 aliphatic carbocycles. The number of carbonyl (C=O) groups is 2. The Morgan fingerprint density at radius 3 is 2.49 bits per heavy atom. The second-order valence-corrected chi connectivity index (χ2v) is 9.46. The molecule has 9 heteroatoms. The van der Waals surface area contributed by atoms with Crippen LogP contribution in [0.4, 0.5) is 5.69 Å². The van der Waals surface area contributed by atoms with E-state index in [1.54, 1.807) is 22.8 Å². The van der Waals surface area contributed by atoms with Crippen molar-refractivity contribution >= 4 is 40.2 Å². The van der Waals surface area contributed by atoms with Crippen LogP contribution in [0.5, 0.6) is 0 Å². The highest BCUT2D eigenvalue weighted by molar-refractivity contribution is 7.99. The van der Waals surface area contributed by atoms with Gasteiger partial charge in [-0.3, -0.25) is 19.0 Å². The number of amides is 2. The van der Waals surface area contributed by atoms with Crippen LogP contribution >= 0.6 is 11.8 Å². The van der Waals surface area contributed by atoms with Crippen LogP contribution in [-0.4, -0.2) is 46.4 Å². The van der Waals surface area contributed by atoms with Gasteiger partial charge >= 0.3 is 0 Å². The van der Waals surface area contributed by atoms with Crippen molar-refractivity contribution in [1.29, 1.82) is 0 Å². The number of hydrogen-bond acceptors (Lipinski definition) is 6. The highest BCUT2D eigenvalue weighted by atomic mass is 32.2. The molecule has 0 aliphatic heterocycles. The van der Waals surface area contributed by atoms with Crippen LogP contribution in [0.25, 0.3) is 10.9 Å². The first-order valence-electron chi connectivity index (χ1n) is 11.6. The molecule has 3 rings (SSSR count). The Kier molecular flexibility index (Phi) is 9.45. The maximum absolute atomic E-state index is 13.1. The van der Waals surface area contributed by atoms with Crippen LogP contribution in [0.1, 0.15) is 31.4 Å². The largest absolute Gasteiger partial charge is 0.379 e. The molecule has 2 aromatic carbocycles. The van der Waals surface area contributed by atoms with Gasteiger partial charge in [0.05, 0.1) is 29.3 Å². The average Bonchev–Trinajstić information content (AvgIpc) is 2.82. The molecule has 2 N–H and O–H groups in total. The van der Waals surface area contributed by atoms with Crippen molar-refractivity contribution < 1.29 is 14.3 Å². The normalized spacial score (nSPS) is 11.1. The number of rotatable bonds is 11. The number of carbonyl (C=O) groups excluding carboxylic acids is 2. The molecule has 0 spiro atoms. The van der Waals surface area contributed by atoms with Crippen molar-refractivity contribution in [2.24, 2.45) is 0 Å². The minimum Gasteiger partial charge on any atom is -0.379 e. The monoisotopic (exact) mass is 496 g/mol. The van der Waals surface area contributed by atoms with E-state index in [9.17, 15) is 14.4 Å². The summed E-state index contributed by atoms with van der Waals surface area (Å²) in [4.78, 5) is 42.5. The number of nitrogens with one attached hydrogen (secondary N) is 2. The third kappa shape index (κ3) is 7.40. The van der Waals surface area contributed by atoms with E-state index in [4.69, 9.17) is 4.74 Å². The number of benzene rings is 2. The third-order valence-electron chi connectivity index (χ3n) is 5.33. The Morgan fingerprint density at radius 2 is 1.77 bits per heavy atom. The fourth-order valence-electron chi connectivity index (χ4n) is 3.55. The fraction of sp³-hybridized carbons (Fsp3) is 0.385. The van der Waals surface area contributed by atoms with E-state index >= 15 is 0 Å². The van der Waals surface area contributed by atoms with Crippen LogP contribution in [0.3, 0.4) is 0 Å². The van der Waals surface area contributed by atoms with Crippen molar-refractivity contribution in [2.45, 2.75) is 51.9 Å². The maximum atomic E-state index is 13.1. The van der Waals surface area contributed by atoms with Crippen LogP contribution < -0.4 is 16.2 Å². The first-order chi connectivity index (χ1) is 16.8. The maximum Gasteiger partial charge on any atom is 0.262 e. The molecule has 0 atom stereocenters. The topological polar surface area (TPSA) is 102 Å². The Labute approximate surface area is 209 Å². The van der Waals surface area contributed by atoms with Crippen molar-refractivity contribution in [2.75, 3.05) is 24.2 Å². The summed E-state index contributed by atoms with van der Waals surface area (Å²) < 4.78 is 7.19. The zero-order chi connectivity index (χ0) is 25.4. The number of para-hydroxylation sites is 2. The molecule has 0 saturated carbocycles. The van der Waals surface area contributed by atoms with E-state index in [-0.39, 0.29) is 35.8 Å². The van der Waals surface area contributed by atoms with E-state index in [0.29, 0.717) is 35.6 Å². The van der Waals surface area contributed by atoms with E-state index in [0.717, 1.165) is 16.8 Å². The number of fused-ring (bicyclic) bond motifs is 1.